The predicted octanol–water partition coefficient (Wildman–Crippen LogP) is 2.02. The Morgan fingerprint density at radius 1 is 1.39 bits per heavy atom. The Kier molecular flexibility index (Phi) is 4.27. The first kappa shape index (κ1) is 14.4. The first-order chi connectivity index (χ1) is 8.27. The molecule has 1 N–H and O–H groups in total. The van der Waals surface area contributed by atoms with Crippen LogP contribution in [-0.2, 0) is 0 Å². The van der Waals surface area contributed by atoms with E-state index in [4.69, 9.17) is 0 Å². The molecule has 18 heavy (non-hydrogen) atoms. The highest BCUT2D eigenvalue weighted by molar-refractivity contribution is 5.92. The molecule has 0 saturated carbocycles. The van der Waals surface area contributed by atoms with Gasteiger partial charge in [0, 0.05) is 20.1 Å². The van der Waals surface area contributed by atoms with E-state index in [1.165, 1.54) is 6.20 Å². The molecular formula is C13H22N4O. The molecule has 100 valence electrons. The SMILES string of the molecule is CNc1cncc(C(=O)N(C)C(C)C(C)(C)C)n1. The Labute approximate surface area is 109 Å². The highest BCUT2D eigenvalue weighted by atomic mass is 16.2. The average Bonchev–Trinajstić information content (AvgIpc) is 2.35. The number of hydrogen-bond donors (Lipinski definition) is 1. The van der Waals surface area contributed by atoms with Gasteiger partial charge in [-0.3, -0.25) is 9.78 Å². The average molecular weight is 250 g/mol. The van der Waals surface area contributed by atoms with Gasteiger partial charge in [0.25, 0.3) is 5.91 Å². The van der Waals surface area contributed by atoms with Crippen LogP contribution in [0.2, 0.25) is 0 Å². The van der Waals surface area contributed by atoms with Gasteiger partial charge in [-0.2, -0.15) is 0 Å². The summed E-state index contributed by atoms with van der Waals surface area (Å²) in [5.41, 5.74) is 0.388. The number of nitrogens with one attached hydrogen (secondary N) is 1. The number of carbonyl (C=O) groups excluding carboxylic acids is 1. The fraction of sp³-hybridized carbons (Fsp3) is 0.615. The van der Waals surface area contributed by atoms with Crippen LogP contribution in [0.4, 0.5) is 5.82 Å². The summed E-state index contributed by atoms with van der Waals surface area (Å²) in [6.07, 6.45) is 3.08. The lowest BCUT2D eigenvalue weighted by Crippen LogP contribution is -2.43. The lowest BCUT2D eigenvalue weighted by atomic mass is 9.87. The molecule has 1 unspecified atom stereocenters. The molecule has 1 aromatic rings. The zero-order valence-corrected chi connectivity index (χ0v) is 12.0. The maximum absolute atomic E-state index is 12.3. The van der Waals surface area contributed by atoms with Crippen molar-refractivity contribution in [2.24, 2.45) is 5.41 Å². The smallest absolute Gasteiger partial charge is 0.274 e. The summed E-state index contributed by atoms with van der Waals surface area (Å²) in [5.74, 6) is 0.486. The van der Waals surface area contributed by atoms with Gasteiger partial charge >= 0.3 is 0 Å². The number of carbonyl (C=O) groups is 1. The van der Waals surface area contributed by atoms with Crippen LogP contribution in [-0.4, -0.2) is 40.9 Å². The first-order valence-corrected chi connectivity index (χ1v) is 6.04. The maximum atomic E-state index is 12.3. The summed E-state index contributed by atoms with van der Waals surface area (Å²) in [4.78, 5) is 22.2. The highest BCUT2D eigenvalue weighted by Gasteiger charge is 2.28. The number of aromatic nitrogens is 2. The van der Waals surface area contributed by atoms with Gasteiger partial charge in [0.05, 0.1) is 12.4 Å². The Morgan fingerprint density at radius 3 is 2.50 bits per heavy atom. The fourth-order valence-electron chi connectivity index (χ4n) is 1.53. The van der Waals surface area contributed by atoms with Crippen molar-refractivity contribution in [1.29, 1.82) is 0 Å². The molecule has 0 aliphatic heterocycles. The molecule has 0 aliphatic rings. The van der Waals surface area contributed by atoms with Crippen molar-refractivity contribution in [2.75, 3.05) is 19.4 Å². The Morgan fingerprint density at radius 2 is 2.00 bits per heavy atom. The minimum Gasteiger partial charge on any atom is -0.372 e. The van der Waals surface area contributed by atoms with Gasteiger partial charge in [-0.1, -0.05) is 20.8 Å². The second-order valence-corrected chi connectivity index (χ2v) is 5.50. The highest BCUT2D eigenvalue weighted by Crippen LogP contribution is 2.23. The molecule has 0 fully saturated rings. The van der Waals surface area contributed by atoms with Gasteiger partial charge in [-0.25, -0.2) is 4.98 Å². The monoisotopic (exact) mass is 250 g/mol. The lowest BCUT2D eigenvalue weighted by Gasteiger charge is -2.35. The van der Waals surface area contributed by atoms with Crippen LogP contribution in [0.1, 0.15) is 38.2 Å². The Balaban J connectivity index is 2.93. The molecule has 1 heterocycles. The van der Waals surface area contributed by atoms with Gasteiger partial charge in [0.15, 0.2) is 0 Å². The third-order valence-electron chi connectivity index (χ3n) is 3.26. The molecule has 0 aromatic carbocycles. The summed E-state index contributed by atoms with van der Waals surface area (Å²) >= 11 is 0. The van der Waals surface area contributed by atoms with E-state index in [9.17, 15) is 4.79 Å². The summed E-state index contributed by atoms with van der Waals surface area (Å²) in [6, 6.07) is 0.116. The van der Waals surface area contributed by atoms with Crippen LogP contribution < -0.4 is 5.32 Å². The van der Waals surface area contributed by atoms with Gasteiger partial charge in [0.2, 0.25) is 0 Å². The van der Waals surface area contributed by atoms with Crippen LogP contribution in [0.5, 0.6) is 0 Å². The minimum atomic E-state index is -0.109. The Bertz CT molecular complexity index is 425. The topological polar surface area (TPSA) is 58.1 Å². The zero-order valence-electron chi connectivity index (χ0n) is 12.0. The van der Waals surface area contributed by atoms with Gasteiger partial charge in [0.1, 0.15) is 11.5 Å². The summed E-state index contributed by atoms with van der Waals surface area (Å²) in [5, 5.41) is 2.88. The van der Waals surface area contributed by atoms with E-state index in [0.29, 0.717) is 11.5 Å². The van der Waals surface area contributed by atoms with Crippen molar-refractivity contribution in [2.45, 2.75) is 33.7 Å². The van der Waals surface area contributed by atoms with Crippen molar-refractivity contribution < 1.29 is 4.79 Å². The molecule has 0 spiro atoms. The van der Waals surface area contributed by atoms with Crippen LogP contribution in [0.3, 0.4) is 0 Å². The molecule has 1 amide bonds. The number of nitrogens with zero attached hydrogens (tertiary/aromatic N) is 3. The van der Waals surface area contributed by atoms with E-state index >= 15 is 0 Å². The first-order valence-electron chi connectivity index (χ1n) is 6.04. The molecule has 1 atom stereocenters. The lowest BCUT2D eigenvalue weighted by molar-refractivity contribution is 0.0623. The molecule has 0 radical (unpaired) electrons. The second-order valence-electron chi connectivity index (χ2n) is 5.50. The van der Waals surface area contributed by atoms with Crippen molar-refractivity contribution in [3.8, 4) is 0 Å². The maximum Gasteiger partial charge on any atom is 0.274 e. The van der Waals surface area contributed by atoms with E-state index in [0.717, 1.165) is 0 Å². The summed E-state index contributed by atoms with van der Waals surface area (Å²) in [6.45, 7) is 8.36. The molecule has 1 rings (SSSR count). The van der Waals surface area contributed by atoms with Crippen molar-refractivity contribution in [1.82, 2.24) is 14.9 Å². The second kappa shape index (κ2) is 5.33. The molecule has 5 nitrogen and oxygen atoms in total. The number of hydrogen-bond acceptors (Lipinski definition) is 4. The number of amides is 1. The third kappa shape index (κ3) is 3.18. The van der Waals surface area contributed by atoms with E-state index in [1.54, 1.807) is 25.2 Å². The van der Waals surface area contributed by atoms with E-state index in [1.807, 2.05) is 6.92 Å². The molecule has 0 saturated heterocycles. The third-order valence-corrected chi connectivity index (χ3v) is 3.26. The number of anilines is 1. The minimum absolute atomic E-state index is 0.0262. The number of rotatable bonds is 3. The molecule has 5 heteroatoms. The van der Waals surface area contributed by atoms with Crippen molar-refractivity contribution >= 4 is 11.7 Å². The molecule has 1 aromatic heterocycles. The molecule has 0 bridgehead atoms. The van der Waals surface area contributed by atoms with Crippen LogP contribution in [0.25, 0.3) is 0 Å². The summed E-state index contributed by atoms with van der Waals surface area (Å²) < 4.78 is 0. The Hall–Kier alpha value is -1.65. The van der Waals surface area contributed by atoms with Gasteiger partial charge < -0.3 is 10.2 Å². The van der Waals surface area contributed by atoms with Crippen LogP contribution >= 0.6 is 0 Å². The van der Waals surface area contributed by atoms with Gasteiger partial charge in [-0.05, 0) is 12.3 Å². The quantitative estimate of drug-likeness (QED) is 0.891. The fourth-order valence-corrected chi connectivity index (χ4v) is 1.53. The van der Waals surface area contributed by atoms with E-state index in [-0.39, 0.29) is 17.4 Å². The largest absolute Gasteiger partial charge is 0.372 e. The standard InChI is InChI=1S/C13H22N4O/c1-9(13(2,3)4)17(6)12(18)10-7-15-8-11(14-5)16-10/h7-9H,1-6H3,(H,14,16). The van der Waals surface area contributed by atoms with Crippen molar-refractivity contribution in [3.63, 3.8) is 0 Å². The summed E-state index contributed by atoms with van der Waals surface area (Å²) in [7, 11) is 3.55. The zero-order chi connectivity index (χ0) is 13.9. The van der Waals surface area contributed by atoms with Gasteiger partial charge in [-0.15, -0.1) is 0 Å². The van der Waals surface area contributed by atoms with E-state index < -0.39 is 0 Å². The van der Waals surface area contributed by atoms with Crippen LogP contribution in [0.15, 0.2) is 12.4 Å². The normalized spacial score (nSPS) is 13.0. The van der Waals surface area contributed by atoms with Crippen molar-refractivity contribution in [3.05, 3.63) is 18.1 Å². The molecule has 0 aliphatic carbocycles. The molecular weight excluding hydrogens is 228 g/mol. The van der Waals surface area contributed by atoms with E-state index in [2.05, 4.69) is 36.1 Å². The predicted molar refractivity (Wildman–Crippen MR) is 72.6 cm³/mol. The van der Waals surface area contributed by atoms with Crippen LogP contribution in [0, 0.1) is 5.41 Å².